The average molecular weight is 391 g/mol. The van der Waals surface area contributed by atoms with Crippen molar-refractivity contribution >= 4 is 0 Å². The van der Waals surface area contributed by atoms with E-state index >= 15 is 0 Å². The molecule has 28 heavy (non-hydrogen) atoms. The summed E-state index contributed by atoms with van der Waals surface area (Å²) in [5.74, 6) is 0.842. The zero-order chi connectivity index (χ0) is 20.2. The molecule has 0 aromatic rings. The molecule has 0 saturated heterocycles. The monoisotopic (exact) mass is 390 g/mol. The molecule has 3 N–H and O–H groups in total. The molecule has 0 bridgehead atoms. The first kappa shape index (κ1) is 22.1. The van der Waals surface area contributed by atoms with Crippen LogP contribution in [0.3, 0.4) is 0 Å². The predicted octanol–water partition coefficient (Wildman–Crippen LogP) is 5.44. The van der Waals surface area contributed by atoms with Gasteiger partial charge < -0.3 is 15.3 Å². The van der Waals surface area contributed by atoms with Crippen LogP contribution < -0.4 is 0 Å². The van der Waals surface area contributed by atoms with Gasteiger partial charge in [-0.3, -0.25) is 0 Å². The van der Waals surface area contributed by atoms with Crippen LogP contribution in [0.2, 0.25) is 0 Å². The minimum atomic E-state index is -0.481. The number of hydrogen-bond donors (Lipinski definition) is 3. The van der Waals surface area contributed by atoms with E-state index in [1.165, 1.54) is 56.9 Å². The van der Waals surface area contributed by atoms with Crippen LogP contribution in [0, 0.1) is 11.3 Å². The van der Waals surface area contributed by atoms with E-state index in [0.717, 1.165) is 38.0 Å². The lowest BCUT2D eigenvalue weighted by Crippen LogP contribution is -2.25. The van der Waals surface area contributed by atoms with Crippen LogP contribution in [0.4, 0.5) is 0 Å². The Hall–Kier alpha value is -0.640. The van der Waals surface area contributed by atoms with E-state index in [1.807, 2.05) is 6.92 Å². The van der Waals surface area contributed by atoms with Crippen LogP contribution in [0.15, 0.2) is 23.3 Å². The van der Waals surface area contributed by atoms with Gasteiger partial charge in [0.2, 0.25) is 0 Å². The Morgan fingerprint density at radius 1 is 1.11 bits per heavy atom. The Bertz CT molecular complexity index is 564. The van der Waals surface area contributed by atoms with Gasteiger partial charge in [-0.05, 0) is 95.3 Å². The summed E-state index contributed by atoms with van der Waals surface area (Å²) in [6.45, 7) is 4.05. The molecule has 0 aliphatic heterocycles. The molecular weight excluding hydrogens is 348 g/mol. The zero-order valence-corrected chi connectivity index (χ0v) is 18.1. The van der Waals surface area contributed by atoms with Crippen molar-refractivity contribution in [3.05, 3.63) is 23.3 Å². The second-order valence-corrected chi connectivity index (χ2v) is 10.5. The molecule has 3 aliphatic rings. The van der Waals surface area contributed by atoms with Crippen molar-refractivity contribution in [1.82, 2.24) is 0 Å². The minimum Gasteiger partial charge on any atom is -0.393 e. The molecule has 5 atom stereocenters. The fourth-order valence-corrected chi connectivity index (χ4v) is 5.94. The Kier molecular flexibility index (Phi) is 7.44. The first-order valence-electron chi connectivity index (χ1n) is 11.8. The highest BCUT2D eigenvalue weighted by Gasteiger charge is 2.40. The van der Waals surface area contributed by atoms with E-state index in [-0.39, 0.29) is 12.2 Å². The first-order chi connectivity index (χ1) is 13.3. The number of allylic oxidation sites excluding steroid dienone is 3. The van der Waals surface area contributed by atoms with Gasteiger partial charge in [0, 0.05) is 0 Å². The fourth-order valence-electron chi connectivity index (χ4n) is 5.94. The van der Waals surface area contributed by atoms with Gasteiger partial charge in [0.25, 0.3) is 0 Å². The molecular formula is C25H42O3. The second kappa shape index (κ2) is 9.45. The summed E-state index contributed by atoms with van der Waals surface area (Å²) in [5, 5.41) is 30.0. The number of hydrogen-bond acceptors (Lipinski definition) is 3. The lowest BCUT2D eigenvalue weighted by atomic mass is 9.70. The van der Waals surface area contributed by atoms with Gasteiger partial charge in [0.15, 0.2) is 0 Å². The smallest absolute Gasteiger partial charge is 0.0617 e. The van der Waals surface area contributed by atoms with Crippen molar-refractivity contribution in [3.63, 3.8) is 0 Å². The van der Waals surface area contributed by atoms with Gasteiger partial charge in [-0.1, -0.05) is 43.1 Å². The number of rotatable bonds is 6. The van der Waals surface area contributed by atoms with Crippen LogP contribution in [0.5, 0.6) is 0 Å². The van der Waals surface area contributed by atoms with Gasteiger partial charge in [-0.25, -0.2) is 0 Å². The highest BCUT2D eigenvalue weighted by atomic mass is 16.3. The normalized spacial score (nSPS) is 37.4. The molecule has 3 aliphatic carbocycles. The number of aliphatic hydroxyl groups excluding tert-OH is 2. The number of aliphatic hydroxyl groups is 3. The summed E-state index contributed by atoms with van der Waals surface area (Å²) in [6, 6.07) is 0. The van der Waals surface area contributed by atoms with Gasteiger partial charge >= 0.3 is 0 Å². The van der Waals surface area contributed by atoms with Gasteiger partial charge in [0.1, 0.15) is 0 Å². The summed E-state index contributed by atoms with van der Waals surface area (Å²) in [6.07, 6.45) is 19.1. The van der Waals surface area contributed by atoms with Crippen molar-refractivity contribution in [2.45, 2.75) is 122 Å². The van der Waals surface area contributed by atoms with E-state index < -0.39 is 5.60 Å². The van der Waals surface area contributed by atoms with E-state index in [9.17, 15) is 15.3 Å². The fraction of sp³-hybridized carbons (Fsp3) is 0.840. The van der Waals surface area contributed by atoms with E-state index in [0.29, 0.717) is 11.8 Å². The summed E-state index contributed by atoms with van der Waals surface area (Å²) >= 11 is 0. The average Bonchev–Trinajstić information content (AvgIpc) is 3.01. The van der Waals surface area contributed by atoms with E-state index in [2.05, 4.69) is 19.1 Å². The van der Waals surface area contributed by atoms with Crippen LogP contribution in [0.25, 0.3) is 0 Å². The molecule has 1 unspecified atom stereocenters. The molecule has 0 aromatic carbocycles. The Morgan fingerprint density at radius 3 is 2.54 bits per heavy atom. The minimum absolute atomic E-state index is 0.379. The zero-order valence-electron chi connectivity index (χ0n) is 18.1. The standard InChI is InChI=1S/C25H42O3/c1-3-24(2,28)11-4-6-20-10-13-25(18-20)12-5-7-19(17-25)8-9-21-14-22(26)16-23(27)15-21/h8-9,20,22-23,26-28H,3-7,10-18H2,1-2H3/t20-,22-,23-,24?,25-/m1/s1. The summed E-state index contributed by atoms with van der Waals surface area (Å²) < 4.78 is 0. The SMILES string of the molecule is CCC(C)(O)CCC[C@@H]1CC[C@@]2(CCCC(=CC=C3C[C@@H](O)C[C@H](O)C3)C2)C1. The molecule has 3 nitrogen and oxygen atoms in total. The molecule has 0 heterocycles. The van der Waals surface area contributed by atoms with Crippen LogP contribution in [-0.4, -0.2) is 33.1 Å². The van der Waals surface area contributed by atoms with Crippen molar-refractivity contribution in [3.8, 4) is 0 Å². The van der Waals surface area contributed by atoms with Gasteiger partial charge in [-0.15, -0.1) is 0 Å². The first-order valence-corrected chi connectivity index (χ1v) is 11.8. The maximum atomic E-state index is 10.2. The maximum Gasteiger partial charge on any atom is 0.0617 e. The molecule has 160 valence electrons. The Morgan fingerprint density at radius 2 is 1.82 bits per heavy atom. The van der Waals surface area contributed by atoms with E-state index in [4.69, 9.17) is 0 Å². The van der Waals surface area contributed by atoms with Crippen LogP contribution in [-0.2, 0) is 0 Å². The topological polar surface area (TPSA) is 60.7 Å². The third kappa shape index (κ3) is 6.18. The summed E-state index contributed by atoms with van der Waals surface area (Å²) in [5.41, 5.74) is 2.81. The maximum absolute atomic E-state index is 10.2. The van der Waals surface area contributed by atoms with E-state index in [1.54, 1.807) is 5.57 Å². The lowest BCUT2D eigenvalue weighted by molar-refractivity contribution is 0.0430. The highest BCUT2D eigenvalue weighted by molar-refractivity contribution is 5.22. The molecule has 0 radical (unpaired) electrons. The van der Waals surface area contributed by atoms with Crippen molar-refractivity contribution in [2.24, 2.45) is 11.3 Å². The molecule has 1 spiro atoms. The third-order valence-corrected chi connectivity index (χ3v) is 7.80. The summed E-state index contributed by atoms with van der Waals surface area (Å²) in [4.78, 5) is 0. The van der Waals surface area contributed by atoms with Crippen LogP contribution in [0.1, 0.15) is 104 Å². The molecule has 3 rings (SSSR count). The Balaban J connectivity index is 1.52. The molecule has 3 saturated carbocycles. The lowest BCUT2D eigenvalue weighted by Gasteiger charge is -2.35. The van der Waals surface area contributed by atoms with Crippen LogP contribution >= 0.6 is 0 Å². The van der Waals surface area contributed by atoms with Gasteiger partial charge in [-0.2, -0.15) is 0 Å². The molecule has 0 amide bonds. The van der Waals surface area contributed by atoms with Crippen molar-refractivity contribution in [2.75, 3.05) is 0 Å². The molecule has 3 fully saturated rings. The predicted molar refractivity (Wildman–Crippen MR) is 115 cm³/mol. The Labute approximate surface area is 171 Å². The quantitative estimate of drug-likeness (QED) is 0.566. The molecule has 3 heteroatoms. The molecule has 0 aromatic heterocycles. The second-order valence-electron chi connectivity index (χ2n) is 10.5. The van der Waals surface area contributed by atoms with Crippen molar-refractivity contribution < 1.29 is 15.3 Å². The van der Waals surface area contributed by atoms with Crippen molar-refractivity contribution in [1.29, 1.82) is 0 Å². The largest absolute Gasteiger partial charge is 0.393 e. The third-order valence-electron chi connectivity index (χ3n) is 7.80. The highest BCUT2D eigenvalue weighted by Crippen LogP contribution is 2.53. The van der Waals surface area contributed by atoms with Gasteiger partial charge in [0.05, 0.1) is 17.8 Å². The summed E-state index contributed by atoms with van der Waals surface area (Å²) in [7, 11) is 0.